The second kappa shape index (κ2) is 5.72. The molecular weight excluding hydrogens is 312 g/mol. The normalized spacial score (nSPS) is 18.2. The fourth-order valence-electron chi connectivity index (χ4n) is 2.60. The van der Waals surface area contributed by atoms with Crippen molar-refractivity contribution in [3.05, 3.63) is 20.8 Å². The van der Waals surface area contributed by atoms with E-state index in [-0.39, 0.29) is 11.4 Å². The van der Waals surface area contributed by atoms with Crippen LogP contribution in [-0.2, 0) is 0 Å². The maximum atomic E-state index is 12.1. The number of thiophene rings is 1. The molecule has 1 N–H and O–H groups in total. The third kappa shape index (κ3) is 2.78. The SMILES string of the molecule is CN(C)C1(CNC(=O)c2sccc2Br)CCCC1. The Morgan fingerprint density at radius 1 is 1.50 bits per heavy atom. The molecule has 1 aliphatic rings. The molecule has 1 heterocycles. The van der Waals surface area contributed by atoms with Crippen LogP contribution in [0.1, 0.15) is 35.4 Å². The summed E-state index contributed by atoms with van der Waals surface area (Å²) in [6.07, 6.45) is 4.87. The predicted octanol–water partition coefficient (Wildman–Crippen LogP) is 3.11. The van der Waals surface area contributed by atoms with Crippen LogP contribution in [0.25, 0.3) is 0 Å². The molecule has 0 radical (unpaired) electrons. The molecule has 0 spiro atoms. The molecule has 1 saturated carbocycles. The first-order valence-corrected chi connectivity index (χ1v) is 7.91. The lowest BCUT2D eigenvalue weighted by Gasteiger charge is -2.36. The lowest BCUT2D eigenvalue weighted by Crippen LogP contribution is -2.50. The summed E-state index contributed by atoms with van der Waals surface area (Å²) < 4.78 is 0.885. The number of amides is 1. The minimum absolute atomic E-state index is 0.0324. The largest absolute Gasteiger partial charge is 0.349 e. The summed E-state index contributed by atoms with van der Waals surface area (Å²) >= 11 is 4.88. The minimum atomic E-state index is 0.0324. The molecule has 5 heteroatoms. The summed E-state index contributed by atoms with van der Waals surface area (Å²) in [6.45, 7) is 0.739. The average Bonchev–Trinajstić information content (AvgIpc) is 2.95. The number of rotatable bonds is 4. The van der Waals surface area contributed by atoms with E-state index < -0.39 is 0 Å². The van der Waals surface area contributed by atoms with Gasteiger partial charge in [0, 0.05) is 16.6 Å². The Labute approximate surface area is 121 Å². The molecule has 2 rings (SSSR count). The van der Waals surface area contributed by atoms with Crippen LogP contribution < -0.4 is 5.32 Å². The highest BCUT2D eigenvalue weighted by molar-refractivity contribution is 9.10. The summed E-state index contributed by atoms with van der Waals surface area (Å²) in [6, 6.07) is 1.91. The molecule has 0 unspecified atom stereocenters. The molecule has 1 aromatic heterocycles. The number of hydrogen-bond donors (Lipinski definition) is 1. The third-order valence-electron chi connectivity index (χ3n) is 3.88. The molecule has 1 aromatic rings. The van der Waals surface area contributed by atoms with E-state index in [1.165, 1.54) is 37.0 Å². The summed E-state index contributed by atoms with van der Waals surface area (Å²) in [5.74, 6) is 0.0324. The van der Waals surface area contributed by atoms with E-state index in [4.69, 9.17) is 0 Å². The van der Waals surface area contributed by atoms with Crippen LogP contribution in [0.2, 0.25) is 0 Å². The van der Waals surface area contributed by atoms with Crippen LogP contribution in [0.3, 0.4) is 0 Å². The van der Waals surface area contributed by atoms with Gasteiger partial charge in [-0.2, -0.15) is 0 Å². The zero-order valence-corrected chi connectivity index (χ0v) is 13.2. The Balaban J connectivity index is 1.98. The van der Waals surface area contributed by atoms with E-state index in [1.807, 2.05) is 11.4 Å². The van der Waals surface area contributed by atoms with Gasteiger partial charge < -0.3 is 10.2 Å². The molecule has 3 nitrogen and oxygen atoms in total. The summed E-state index contributed by atoms with van der Waals surface area (Å²) in [5, 5.41) is 5.02. The zero-order chi connectivity index (χ0) is 13.2. The van der Waals surface area contributed by atoms with Crippen molar-refractivity contribution in [1.29, 1.82) is 0 Å². The van der Waals surface area contributed by atoms with Crippen molar-refractivity contribution in [3.8, 4) is 0 Å². The van der Waals surface area contributed by atoms with Gasteiger partial charge in [0.2, 0.25) is 0 Å². The lowest BCUT2D eigenvalue weighted by molar-refractivity contribution is 0.0903. The van der Waals surface area contributed by atoms with Crippen LogP contribution in [0.5, 0.6) is 0 Å². The van der Waals surface area contributed by atoms with Gasteiger partial charge in [-0.25, -0.2) is 0 Å². The fourth-order valence-corrected chi connectivity index (χ4v) is 4.06. The number of carbonyl (C=O) groups excluding carboxylic acids is 1. The van der Waals surface area contributed by atoms with E-state index in [0.29, 0.717) is 0 Å². The molecular formula is C13H19BrN2OS. The fraction of sp³-hybridized carbons (Fsp3) is 0.615. The van der Waals surface area contributed by atoms with Gasteiger partial charge in [-0.1, -0.05) is 12.8 Å². The molecule has 0 bridgehead atoms. The van der Waals surface area contributed by atoms with Crippen molar-refractivity contribution in [2.75, 3.05) is 20.6 Å². The quantitative estimate of drug-likeness (QED) is 0.919. The summed E-state index contributed by atoms with van der Waals surface area (Å²) in [4.78, 5) is 15.1. The first kappa shape index (κ1) is 14.0. The van der Waals surface area contributed by atoms with E-state index >= 15 is 0 Å². The zero-order valence-electron chi connectivity index (χ0n) is 10.8. The van der Waals surface area contributed by atoms with Gasteiger partial charge in [-0.3, -0.25) is 4.79 Å². The number of carbonyl (C=O) groups is 1. The van der Waals surface area contributed by atoms with Gasteiger partial charge in [0.25, 0.3) is 5.91 Å². The van der Waals surface area contributed by atoms with Gasteiger partial charge in [-0.15, -0.1) is 11.3 Å². The number of hydrogen-bond acceptors (Lipinski definition) is 3. The Bertz CT molecular complexity index is 424. The molecule has 18 heavy (non-hydrogen) atoms. The van der Waals surface area contributed by atoms with Gasteiger partial charge in [0.15, 0.2) is 0 Å². The molecule has 1 aliphatic carbocycles. The molecule has 0 atom stereocenters. The van der Waals surface area contributed by atoms with Crippen LogP contribution in [0.4, 0.5) is 0 Å². The molecule has 0 saturated heterocycles. The van der Waals surface area contributed by atoms with Crippen LogP contribution in [0, 0.1) is 0 Å². The Morgan fingerprint density at radius 3 is 2.67 bits per heavy atom. The highest BCUT2D eigenvalue weighted by atomic mass is 79.9. The second-order valence-corrected chi connectivity index (χ2v) is 6.88. The van der Waals surface area contributed by atoms with Crippen LogP contribution in [-0.4, -0.2) is 37.0 Å². The first-order valence-electron chi connectivity index (χ1n) is 6.24. The minimum Gasteiger partial charge on any atom is -0.349 e. The monoisotopic (exact) mass is 330 g/mol. The molecule has 100 valence electrons. The number of halogens is 1. The molecule has 1 fully saturated rings. The standard InChI is InChI=1S/C13H19BrN2OS/c1-16(2)13(6-3-4-7-13)9-15-12(17)11-10(14)5-8-18-11/h5,8H,3-4,6-7,9H2,1-2H3,(H,15,17). The topological polar surface area (TPSA) is 32.3 Å². The van der Waals surface area contributed by atoms with Crippen molar-refractivity contribution >= 4 is 33.2 Å². The van der Waals surface area contributed by atoms with Crippen molar-refractivity contribution < 1.29 is 4.79 Å². The second-order valence-electron chi connectivity index (χ2n) is 5.11. The van der Waals surface area contributed by atoms with Gasteiger partial charge >= 0.3 is 0 Å². The number of likely N-dealkylation sites (N-methyl/N-ethyl adjacent to an activating group) is 1. The predicted molar refractivity (Wildman–Crippen MR) is 79.2 cm³/mol. The smallest absolute Gasteiger partial charge is 0.262 e. The van der Waals surface area contributed by atoms with E-state index in [1.54, 1.807) is 0 Å². The van der Waals surface area contributed by atoms with E-state index in [2.05, 4.69) is 40.2 Å². The highest BCUT2D eigenvalue weighted by Gasteiger charge is 2.36. The van der Waals surface area contributed by atoms with Crippen molar-refractivity contribution in [2.24, 2.45) is 0 Å². The summed E-state index contributed by atoms with van der Waals surface area (Å²) in [5.41, 5.74) is 0.152. The maximum Gasteiger partial charge on any atom is 0.262 e. The number of nitrogens with zero attached hydrogens (tertiary/aromatic N) is 1. The van der Waals surface area contributed by atoms with Crippen LogP contribution in [0.15, 0.2) is 15.9 Å². The van der Waals surface area contributed by atoms with Crippen molar-refractivity contribution in [3.63, 3.8) is 0 Å². The van der Waals surface area contributed by atoms with Crippen molar-refractivity contribution in [1.82, 2.24) is 10.2 Å². The van der Waals surface area contributed by atoms with Gasteiger partial charge in [0.05, 0.1) is 0 Å². The average molecular weight is 331 g/mol. The van der Waals surface area contributed by atoms with Gasteiger partial charge in [-0.05, 0) is 54.3 Å². The Hall–Kier alpha value is -0.390. The van der Waals surface area contributed by atoms with Crippen LogP contribution >= 0.6 is 27.3 Å². The third-order valence-corrected chi connectivity index (χ3v) is 5.72. The Morgan fingerprint density at radius 2 is 2.17 bits per heavy atom. The maximum absolute atomic E-state index is 12.1. The van der Waals surface area contributed by atoms with Gasteiger partial charge in [0.1, 0.15) is 4.88 Å². The first-order chi connectivity index (χ1) is 8.55. The molecule has 0 aliphatic heterocycles. The number of nitrogens with one attached hydrogen (secondary N) is 1. The van der Waals surface area contributed by atoms with Crippen molar-refractivity contribution in [2.45, 2.75) is 31.2 Å². The Kier molecular flexibility index (Phi) is 4.45. The van der Waals surface area contributed by atoms with E-state index in [0.717, 1.165) is 15.9 Å². The highest BCUT2D eigenvalue weighted by Crippen LogP contribution is 2.33. The lowest BCUT2D eigenvalue weighted by atomic mass is 9.96. The molecule has 1 amide bonds. The van der Waals surface area contributed by atoms with E-state index in [9.17, 15) is 4.79 Å². The summed E-state index contributed by atoms with van der Waals surface area (Å²) in [7, 11) is 4.22. The molecule has 0 aromatic carbocycles.